The maximum atomic E-state index is 13.1. The molecule has 0 radical (unpaired) electrons. The van der Waals surface area contributed by atoms with E-state index in [0.717, 1.165) is 29.8 Å². The number of hydrogen-bond acceptors (Lipinski definition) is 2. The molecule has 2 aromatic carbocycles. The molecule has 120 valence electrons. The van der Waals surface area contributed by atoms with E-state index < -0.39 is 29.9 Å². The maximum absolute atomic E-state index is 13.1. The molecule has 0 aliphatic carbocycles. The number of hydrogen-bond donors (Lipinski definition) is 0. The van der Waals surface area contributed by atoms with E-state index in [0.29, 0.717) is 0 Å². The van der Waals surface area contributed by atoms with E-state index in [1.807, 2.05) is 0 Å². The largest absolute Gasteiger partial charge is 0.429 e. The quantitative estimate of drug-likeness (QED) is 0.440. The van der Waals surface area contributed by atoms with Crippen molar-refractivity contribution in [3.63, 3.8) is 0 Å². The predicted octanol–water partition coefficient (Wildman–Crippen LogP) is 5.04. The highest BCUT2D eigenvalue weighted by atomic mass is 19.4. The number of alkyl halides is 3. The van der Waals surface area contributed by atoms with E-state index in [9.17, 15) is 22.4 Å². The molecule has 2 nitrogen and oxygen atoms in total. The lowest BCUT2D eigenvalue weighted by atomic mass is 10.1. The standard InChI is InChI=1S/C17H13F4NO/c1-11-3-2-4-14(9-11)22-16(17(19,20)21)10-15(23)12-5-7-13(18)8-6-12/h2-9H,10H2,1H3. The van der Waals surface area contributed by atoms with Crippen molar-refractivity contribution in [2.75, 3.05) is 0 Å². The number of carbonyl (C=O) groups excluding carboxylic acids is 1. The normalized spacial score (nSPS) is 12.3. The molecule has 0 N–H and O–H groups in total. The lowest BCUT2D eigenvalue weighted by Crippen LogP contribution is -2.25. The highest BCUT2D eigenvalue weighted by Gasteiger charge is 2.37. The first-order valence-corrected chi connectivity index (χ1v) is 6.76. The maximum Gasteiger partial charge on any atom is 0.429 e. The minimum Gasteiger partial charge on any atom is -0.294 e. The fourth-order valence-electron chi connectivity index (χ4n) is 1.95. The number of halogens is 4. The number of ketones is 1. The van der Waals surface area contributed by atoms with Crippen molar-refractivity contribution in [2.24, 2.45) is 4.99 Å². The number of aryl methyl sites for hydroxylation is 1. The number of rotatable bonds is 4. The van der Waals surface area contributed by atoms with Gasteiger partial charge in [-0.05, 0) is 48.9 Å². The molecule has 23 heavy (non-hydrogen) atoms. The molecule has 0 unspecified atom stereocenters. The van der Waals surface area contributed by atoms with Crippen LogP contribution < -0.4 is 0 Å². The average molecular weight is 323 g/mol. The molecule has 6 heteroatoms. The van der Waals surface area contributed by atoms with Gasteiger partial charge >= 0.3 is 6.18 Å². The Morgan fingerprint density at radius 3 is 2.30 bits per heavy atom. The molecular formula is C17H13F4NO. The van der Waals surface area contributed by atoms with Crippen LogP contribution in [0.1, 0.15) is 22.3 Å². The molecule has 0 aliphatic rings. The number of nitrogens with zero attached hydrogens (tertiary/aromatic N) is 1. The summed E-state index contributed by atoms with van der Waals surface area (Å²) in [7, 11) is 0. The Morgan fingerprint density at radius 1 is 1.09 bits per heavy atom. The fourth-order valence-corrected chi connectivity index (χ4v) is 1.95. The molecule has 0 fully saturated rings. The van der Waals surface area contributed by atoms with Crippen LogP contribution in [0.5, 0.6) is 0 Å². The third kappa shape index (κ3) is 4.74. The van der Waals surface area contributed by atoms with Gasteiger partial charge in [0.1, 0.15) is 11.5 Å². The molecule has 0 atom stereocenters. The Bertz CT molecular complexity index is 733. The molecule has 0 saturated carbocycles. The smallest absolute Gasteiger partial charge is 0.294 e. The number of aliphatic imine (C=N–C) groups is 1. The fraction of sp³-hybridized carbons (Fsp3) is 0.176. The average Bonchev–Trinajstić information content (AvgIpc) is 2.46. The summed E-state index contributed by atoms with van der Waals surface area (Å²) in [5.74, 6) is -1.33. The summed E-state index contributed by atoms with van der Waals surface area (Å²) < 4.78 is 52.1. The summed E-state index contributed by atoms with van der Waals surface area (Å²) in [5, 5.41) is 0. The number of carbonyl (C=O) groups is 1. The van der Waals surface area contributed by atoms with Crippen LogP contribution in [0.25, 0.3) is 0 Å². The summed E-state index contributed by atoms with van der Waals surface area (Å²) in [5.41, 5.74) is -0.285. The third-order valence-electron chi connectivity index (χ3n) is 3.09. The lowest BCUT2D eigenvalue weighted by Gasteiger charge is -2.10. The second kappa shape index (κ2) is 6.73. The van der Waals surface area contributed by atoms with Gasteiger partial charge in [-0.2, -0.15) is 13.2 Å². The van der Waals surface area contributed by atoms with Crippen molar-refractivity contribution in [2.45, 2.75) is 19.5 Å². The topological polar surface area (TPSA) is 29.4 Å². The first kappa shape index (κ1) is 16.9. The summed E-state index contributed by atoms with van der Waals surface area (Å²) >= 11 is 0. The van der Waals surface area contributed by atoms with Crippen LogP contribution >= 0.6 is 0 Å². The Balaban J connectivity index is 2.29. The first-order chi connectivity index (χ1) is 10.8. The van der Waals surface area contributed by atoms with E-state index in [-0.39, 0.29) is 11.3 Å². The van der Waals surface area contributed by atoms with Gasteiger partial charge in [-0.3, -0.25) is 4.79 Å². The van der Waals surface area contributed by atoms with E-state index in [1.54, 1.807) is 19.1 Å². The minimum atomic E-state index is -4.72. The molecule has 2 aromatic rings. The van der Waals surface area contributed by atoms with Gasteiger partial charge in [0.2, 0.25) is 0 Å². The molecule has 2 rings (SSSR count). The molecule has 0 spiro atoms. The Hall–Kier alpha value is -2.50. The van der Waals surface area contributed by atoms with E-state index >= 15 is 0 Å². The van der Waals surface area contributed by atoms with Gasteiger partial charge in [0.25, 0.3) is 0 Å². The van der Waals surface area contributed by atoms with Gasteiger partial charge in [-0.25, -0.2) is 9.38 Å². The SMILES string of the molecule is Cc1cccc(N=C(CC(=O)c2ccc(F)cc2)C(F)(F)F)c1. The van der Waals surface area contributed by atoms with Crippen LogP contribution in [0.2, 0.25) is 0 Å². The lowest BCUT2D eigenvalue weighted by molar-refractivity contribution is -0.0601. The van der Waals surface area contributed by atoms with E-state index in [4.69, 9.17) is 0 Å². The summed E-state index contributed by atoms with van der Waals surface area (Å²) in [6.07, 6.45) is -5.62. The predicted molar refractivity (Wildman–Crippen MR) is 79.7 cm³/mol. The van der Waals surface area contributed by atoms with Crippen molar-refractivity contribution in [1.29, 1.82) is 0 Å². The second-order valence-electron chi connectivity index (χ2n) is 5.00. The molecule has 0 bridgehead atoms. The highest BCUT2D eigenvalue weighted by Crippen LogP contribution is 2.25. The zero-order valence-corrected chi connectivity index (χ0v) is 12.2. The van der Waals surface area contributed by atoms with E-state index in [1.165, 1.54) is 12.1 Å². The van der Waals surface area contributed by atoms with Gasteiger partial charge in [-0.15, -0.1) is 0 Å². The molecule has 0 amide bonds. The van der Waals surface area contributed by atoms with Gasteiger partial charge in [0.05, 0.1) is 12.1 Å². The Morgan fingerprint density at radius 2 is 1.74 bits per heavy atom. The summed E-state index contributed by atoms with van der Waals surface area (Å²) in [6.45, 7) is 1.73. The van der Waals surface area contributed by atoms with Crippen molar-refractivity contribution < 1.29 is 22.4 Å². The monoisotopic (exact) mass is 323 g/mol. The number of benzene rings is 2. The molecule has 0 aromatic heterocycles. The Labute approximate surface area is 130 Å². The van der Waals surface area contributed by atoms with Gasteiger partial charge in [-0.1, -0.05) is 12.1 Å². The summed E-state index contributed by atoms with van der Waals surface area (Å²) in [4.78, 5) is 15.5. The van der Waals surface area contributed by atoms with Crippen LogP contribution in [0.3, 0.4) is 0 Å². The Kier molecular flexibility index (Phi) is 4.93. The van der Waals surface area contributed by atoms with Crippen molar-refractivity contribution in [1.82, 2.24) is 0 Å². The number of Topliss-reactive ketones (excluding diaryl/α,β-unsaturated/α-hetero) is 1. The highest BCUT2D eigenvalue weighted by molar-refractivity contribution is 6.12. The van der Waals surface area contributed by atoms with Crippen molar-refractivity contribution in [3.05, 3.63) is 65.5 Å². The minimum absolute atomic E-state index is 0.00703. The molecular weight excluding hydrogens is 310 g/mol. The van der Waals surface area contributed by atoms with Gasteiger partial charge in [0, 0.05) is 5.56 Å². The zero-order valence-electron chi connectivity index (χ0n) is 12.2. The van der Waals surface area contributed by atoms with Crippen LogP contribution in [0.4, 0.5) is 23.2 Å². The van der Waals surface area contributed by atoms with Crippen LogP contribution in [-0.2, 0) is 0 Å². The van der Waals surface area contributed by atoms with Crippen molar-refractivity contribution >= 4 is 17.2 Å². The molecule has 0 aliphatic heterocycles. The first-order valence-electron chi connectivity index (χ1n) is 6.76. The molecule has 0 heterocycles. The van der Waals surface area contributed by atoms with Crippen LogP contribution in [0.15, 0.2) is 53.5 Å². The van der Waals surface area contributed by atoms with Crippen molar-refractivity contribution in [3.8, 4) is 0 Å². The zero-order chi connectivity index (χ0) is 17.0. The van der Waals surface area contributed by atoms with Crippen LogP contribution in [-0.4, -0.2) is 17.7 Å². The van der Waals surface area contributed by atoms with Gasteiger partial charge in [0.15, 0.2) is 5.78 Å². The second-order valence-corrected chi connectivity index (χ2v) is 5.00. The molecule has 0 saturated heterocycles. The summed E-state index contributed by atoms with van der Waals surface area (Å²) in [6, 6.07) is 10.6. The van der Waals surface area contributed by atoms with Crippen LogP contribution in [0, 0.1) is 12.7 Å². The van der Waals surface area contributed by atoms with E-state index in [2.05, 4.69) is 4.99 Å². The van der Waals surface area contributed by atoms with Gasteiger partial charge < -0.3 is 0 Å². The third-order valence-corrected chi connectivity index (χ3v) is 3.09.